The van der Waals surface area contributed by atoms with Crippen LogP contribution in [-0.2, 0) is 0 Å². The molecule has 0 aliphatic heterocycles. The zero-order valence-electron chi connectivity index (χ0n) is 18.3. The second-order valence-corrected chi connectivity index (χ2v) is 8.43. The highest BCUT2D eigenvalue weighted by atomic mass is 15.2. The molecule has 0 unspecified atom stereocenters. The van der Waals surface area contributed by atoms with Crippen LogP contribution in [0.15, 0.2) is 121 Å². The quantitative estimate of drug-likeness (QED) is 0.295. The molecule has 0 N–H and O–H groups in total. The van der Waals surface area contributed by atoms with Crippen LogP contribution in [0.25, 0.3) is 55.8 Å². The molecule has 0 saturated heterocycles. The summed E-state index contributed by atoms with van der Waals surface area (Å²) < 4.78 is 4.24. The highest BCUT2D eigenvalue weighted by molar-refractivity contribution is 5.85. The first-order chi connectivity index (χ1) is 16.8. The number of imidazole rings is 1. The van der Waals surface area contributed by atoms with E-state index in [2.05, 4.69) is 114 Å². The summed E-state index contributed by atoms with van der Waals surface area (Å²) in [5.74, 6) is 0.931. The standard InChI is InChI=1S/C30H20N4/c1-2-9-24(10-3-1)33-29-13-7-5-11-26(29)31-30(33)23-16-14-21(15-17-23)27-20-25-19-18-22-8-4-6-12-28(22)34(25)32-27/h1-20H. The molecule has 7 aromatic rings. The van der Waals surface area contributed by atoms with E-state index in [-0.39, 0.29) is 0 Å². The normalized spacial score (nSPS) is 11.5. The molecule has 0 bridgehead atoms. The van der Waals surface area contributed by atoms with Gasteiger partial charge in [0, 0.05) is 22.2 Å². The predicted molar refractivity (Wildman–Crippen MR) is 138 cm³/mol. The minimum atomic E-state index is 0.931. The van der Waals surface area contributed by atoms with Crippen LogP contribution in [0.4, 0.5) is 0 Å². The lowest BCUT2D eigenvalue weighted by Crippen LogP contribution is -1.97. The van der Waals surface area contributed by atoms with Gasteiger partial charge in [-0.1, -0.05) is 78.9 Å². The van der Waals surface area contributed by atoms with Crippen LogP contribution in [0.1, 0.15) is 0 Å². The lowest BCUT2D eigenvalue weighted by molar-refractivity contribution is 1.01. The van der Waals surface area contributed by atoms with E-state index < -0.39 is 0 Å². The molecule has 4 nitrogen and oxygen atoms in total. The number of nitrogens with zero attached hydrogens (tertiary/aromatic N) is 4. The van der Waals surface area contributed by atoms with E-state index in [0.29, 0.717) is 0 Å². The van der Waals surface area contributed by atoms with Crippen LogP contribution in [0, 0.1) is 0 Å². The summed E-state index contributed by atoms with van der Waals surface area (Å²) in [6.07, 6.45) is 0. The summed E-state index contributed by atoms with van der Waals surface area (Å²) >= 11 is 0. The van der Waals surface area contributed by atoms with Gasteiger partial charge in [-0.05, 0) is 42.5 Å². The van der Waals surface area contributed by atoms with Gasteiger partial charge in [0.05, 0.1) is 27.8 Å². The number of benzene rings is 4. The van der Waals surface area contributed by atoms with Crippen molar-refractivity contribution in [2.45, 2.75) is 0 Å². The van der Waals surface area contributed by atoms with Crippen molar-refractivity contribution in [1.29, 1.82) is 0 Å². The minimum absolute atomic E-state index is 0.931. The van der Waals surface area contributed by atoms with Gasteiger partial charge in [-0.25, -0.2) is 9.50 Å². The van der Waals surface area contributed by atoms with Crippen molar-refractivity contribution in [3.63, 3.8) is 0 Å². The zero-order chi connectivity index (χ0) is 22.5. The molecule has 4 aromatic carbocycles. The maximum atomic E-state index is 4.97. The Balaban J connectivity index is 1.35. The third-order valence-corrected chi connectivity index (χ3v) is 6.35. The second kappa shape index (κ2) is 7.42. The first kappa shape index (κ1) is 18.8. The fraction of sp³-hybridized carbons (Fsp3) is 0. The van der Waals surface area contributed by atoms with Gasteiger partial charge >= 0.3 is 0 Å². The van der Waals surface area contributed by atoms with E-state index in [4.69, 9.17) is 10.1 Å². The average molecular weight is 437 g/mol. The van der Waals surface area contributed by atoms with E-state index in [0.717, 1.165) is 50.4 Å². The van der Waals surface area contributed by atoms with Gasteiger partial charge < -0.3 is 0 Å². The van der Waals surface area contributed by atoms with E-state index in [1.54, 1.807) is 0 Å². The highest BCUT2D eigenvalue weighted by Gasteiger charge is 2.14. The van der Waals surface area contributed by atoms with Crippen LogP contribution in [-0.4, -0.2) is 19.2 Å². The monoisotopic (exact) mass is 436 g/mol. The molecule has 3 aromatic heterocycles. The molecule has 34 heavy (non-hydrogen) atoms. The van der Waals surface area contributed by atoms with Gasteiger partial charge in [0.2, 0.25) is 0 Å². The minimum Gasteiger partial charge on any atom is -0.292 e. The molecule has 0 fully saturated rings. The van der Waals surface area contributed by atoms with Crippen LogP contribution >= 0.6 is 0 Å². The highest BCUT2D eigenvalue weighted by Crippen LogP contribution is 2.30. The van der Waals surface area contributed by atoms with Crippen molar-refractivity contribution in [1.82, 2.24) is 19.2 Å². The zero-order valence-corrected chi connectivity index (χ0v) is 18.3. The summed E-state index contributed by atoms with van der Waals surface area (Å²) in [6.45, 7) is 0. The number of aromatic nitrogens is 4. The Bertz CT molecular complexity index is 1790. The number of rotatable bonds is 3. The number of fused-ring (bicyclic) bond motifs is 4. The number of para-hydroxylation sites is 4. The molecular formula is C30H20N4. The van der Waals surface area contributed by atoms with Gasteiger partial charge in [0.25, 0.3) is 0 Å². The topological polar surface area (TPSA) is 35.1 Å². The molecule has 160 valence electrons. The second-order valence-electron chi connectivity index (χ2n) is 8.43. The summed E-state index contributed by atoms with van der Waals surface area (Å²) in [7, 11) is 0. The third kappa shape index (κ3) is 2.93. The summed E-state index contributed by atoms with van der Waals surface area (Å²) in [4.78, 5) is 4.97. The van der Waals surface area contributed by atoms with Crippen molar-refractivity contribution in [3.05, 3.63) is 121 Å². The summed E-state index contributed by atoms with van der Waals surface area (Å²) in [6, 6.07) is 41.9. The maximum absolute atomic E-state index is 4.97. The largest absolute Gasteiger partial charge is 0.292 e. The molecule has 0 amide bonds. The van der Waals surface area contributed by atoms with Crippen molar-refractivity contribution in [3.8, 4) is 28.3 Å². The van der Waals surface area contributed by atoms with E-state index >= 15 is 0 Å². The molecule has 0 aliphatic carbocycles. The number of hydrogen-bond acceptors (Lipinski definition) is 2. The van der Waals surface area contributed by atoms with Gasteiger partial charge in [0.15, 0.2) is 0 Å². The van der Waals surface area contributed by atoms with Gasteiger partial charge in [-0.15, -0.1) is 0 Å². The van der Waals surface area contributed by atoms with E-state index in [9.17, 15) is 0 Å². The maximum Gasteiger partial charge on any atom is 0.145 e. The molecule has 3 heterocycles. The fourth-order valence-electron chi connectivity index (χ4n) is 4.69. The molecule has 0 saturated carbocycles. The Morgan fingerprint density at radius 3 is 2.12 bits per heavy atom. The predicted octanol–water partition coefficient (Wildman–Crippen LogP) is 7.16. The molecule has 0 radical (unpaired) electrons. The fourth-order valence-corrected chi connectivity index (χ4v) is 4.69. The lowest BCUT2D eigenvalue weighted by atomic mass is 10.1. The Hall–Kier alpha value is -4.70. The van der Waals surface area contributed by atoms with Crippen LogP contribution in [0.2, 0.25) is 0 Å². The molecule has 0 spiro atoms. The number of hydrogen-bond donors (Lipinski definition) is 0. The SMILES string of the molecule is c1ccc(-n2c(-c3ccc(-c4cc5ccc6ccccc6n5n4)cc3)nc3ccccc32)cc1. The Kier molecular flexibility index (Phi) is 4.11. The number of pyridine rings is 1. The molecule has 0 aliphatic rings. The first-order valence-corrected chi connectivity index (χ1v) is 11.4. The molecule has 0 atom stereocenters. The first-order valence-electron chi connectivity index (χ1n) is 11.4. The van der Waals surface area contributed by atoms with Crippen molar-refractivity contribution < 1.29 is 0 Å². The Labute approximate surface area is 196 Å². The summed E-state index contributed by atoms with van der Waals surface area (Å²) in [5, 5.41) is 6.09. The molecule has 7 rings (SSSR count). The van der Waals surface area contributed by atoms with Crippen LogP contribution < -0.4 is 0 Å². The van der Waals surface area contributed by atoms with Crippen molar-refractivity contribution in [2.24, 2.45) is 0 Å². The van der Waals surface area contributed by atoms with E-state index in [1.807, 2.05) is 16.6 Å². The van der Waals surface area contributed by atoms with Crippen molar-refractivity contribution in [2.75, 3.05) is 0 Å². The van der Waals surface area contributed by atoms with Crippen LogP contribution in [0.5, 0.6) is 0 Å². The molecule has 4 heteroatoms. The van der Waals surface area contributed by atoms with Crippen LogP contribution in [0.3, 0.4) is 0 Å². The van der Waals surface area contributed by atoms with Crippen molar-refractivity contribution >= 4 is 27.5 Å². The lowest BCUT2D eigenvalue weighted by Gasteiger charge is -2.10. The van der Waals surface area contributed by atoms with E-state index in [1.165, 1.54) is 5.39 Å². The smallest absolute Gasteiger partial charge is 0.145 e. The average Bonchev–Trinajstić information content (AvgIpc) is 3.52. The summed E-state index contributed by atoms with van der Waals surface area (Å²) in [5.41, 5.74) is 8.49. The molecular weight excluding hydrogens is 416 g/mol. The van der Waals surface area contributed by atoms with Gasteiger partial charge in [-0.2, -0.15) is 5.10 Å². The van der Waals surface area contributed by atoms with Gasteiger partial charge in [0.1, 0.15) is 5.82 Å². The van der Waals surface area contributed by atoms with Gasteiger partial charge in [-0.3, -0.25) is 4.57 Å². The third-order valence-electron chi connectivity index (χ3n) is 6.35. The Morgan fingerprint density at radius 2 is 1.26 bits per heavy atom. The Morgan fingerprint density at radius 1 is 0.559 bits per heavy atom.